The molecule has 0 saturated carbocycles. The van der Waals surface area contributed by atoms with Crippen molar-refractivity contribution in [2.75, 3.05) is 6.54 Å². The molecular formula is C8H13NO. The highest BCUT2D eigenvalue weighted by molar-refractivity contribution is 5.93. The van der Waals surface area contributed by atoms with E-state index in [1.807, 2.05) is 6.92 Å². The van der Waals surface area contributed by atoms with Crippen LogP contribution in [-0.2, 0) is 4.79 Å². The molecule has 10 heavy (non-hydrogen) atoms. The van der Waals surface area contributed by atoms with Crippen LogP contribution in [0.1, 0.15) is 26.7 Å². The van der Waals surface area contributed by atoms with E-state index < -0.39 is 0 Å². The normalized spacial score (nSPS) is 18.6. The van der Waals surface area contributed by atoms with Crippen LogP contribution in [0.25, 0.3) is 0 Å². The van der Waals surface area contributed by atoms with Gasteiger partial charge in [-0.2, -0.15) is 0 Å². The summed E-state index contributed by atoms with van der Waals surface area (Å²) in [7, 11) is 0. The summed E-state index contributed by atoms with van der Waals surface area (Å²) in [5.74, 6) is 0.213. The zero-order valence-electron chi connectivity index (χ0n) is 6.53. The molecule has 2 heteroatoms. The molecule has 0 atom stereocenters. The van der Waals surface area contributed by atoms with Gasteiger partial charge in [-0.3, -0.25) is 4.79 Å². The smallest absolute Gasteiger partial charge is 0.157 e. The number of hydrogen-bond acceptors (Lipinski definition) is 2. The van der Waals surface area contributed by atoms with Gasteiger partial charge in [0.15, 0.2) is 5.78 Å². The summed E-state index contributed by atoms with van der Waals surface area (Å²) < 4.78 is 0. The summed E-state index contributed by atoms with van der Waals surface area (Å²) in [4.78, 5) is 10.9. The second-order valence-electron chi connectivity index (χ2n) is 2.69. The van der Waals surface area contributed by atoms with E-state index in [0.29, 0.717) is 0 Å². The van der Waals surface area contributed by atoms with Crippen LogP contribution in [0.3, 0.4) is 0 Å². The fourth-order valence-corrected chi connectivity index (χ4v) is 1.28. The van der Waals surface area contributed by atoms with Crippen molar-refractivity contribution in [3.8, 4) is 0 Å². The Balaban J connectivity index is 2.78. The van der Waals surface area contributed by atoms with Gasteiger partial charge in [0.2, 0.25) is 0 Å². The molecule has 0 unspecified atom stereocenters. The van der Waals surface area contributed by atoms with Crippen LogP contribution in [0, 0.1) is 0 Å². The predicted octanol–water partition coefficient (Wildman–Crippen LogP) is 1.23. The van der Waals surface area contributed by atoms with Gasteiger partial charge >= 0.3 is 0 Å². The summed E-state index contributed by atoms with van der Waals surface area (Å²) in [5, 5.41) is 3.17. The standard InChI is InChI=1S/C8H13NO/c1-6-8(7(2)10)4-3-5-9-6/h9H,3-5H2,1-2H3. The first-order valence-corrected chi connectivity index (χ1v) is 3.66. The summed E-state index contributed by atoms with van der Waals surface area (Å²) in [6, 6.07) is 0. The van der Waals surface area contributed by atoms with Crippen LogP contribution < -0.4 is 5.32 Å². The van der Waals surface area contributed by atoms with Crippen LogP contribution in [0.15, 0.2) is 11.3 Å². The van der Waals surface area contributed by atoms with Crippen LogP contribution in [0.4, 0.5) is 0 Å². The van der Waals surface area contributed by atoms with Crippen LogP contribution in [-0.4, -0.2) is 12.3 Å². The monoisotopic (exact) mass is 139 g/mol. The Hall–Kier alpha value is -0.790. The van der Waals surface area contributed by atoms with Gasteiger partial charge < -0.3 is 5.32 Å². The van der Waals surface area contributed by atoms with Gasteiger partial charge in [-0.15, -0.1) is 0 Å². The molecule has 1 N–H and O–H groups in total. The Bertz CT molecular complexity index is 182. The molecule has 0 aromatic carbocycles. The zero-order chi connectivity index (χ0) is 7.56. The van der Waals surface area contributed by atoms with E-state index in [-0.39, 0.29) is 5.78 Å². The predicted molar refractivity (Wildman–Crippen MR) is 40.6 cm³/mol. The topological polar surface area (TPSA) is 29.1 Å². The van der Waals surface area contributed by atoms with Crippen molar-refractivity contribution in [1.82, 2.24) is 5.32 Å². The third-order valence-corrected chi connectivity index (χ3v) is 1.87. The molecule has 0 aromatic heterocycles. The fraction of sp³-hybridized carbons (Fsp3) is 0.625. The Labute approximate surface area is 61.3 Å². The quantitative estimate of drug-likeness (QED) is 0.592. The van der Waals surface area contributed by atoms with Crippen molar-refractivity contribution in [3.63, 3.8) is 0 Å². The molecule has 0 bridgehead atoms. The van der Waals surface area contributed by atoms with E-state index in [2.05, 4.69) is 5.32 Å². The molecule has 1 rings (SSSR count). The van der Waals surface area contributed by atoms with Crippen molar-refractivity contribution in [2.24, 2.45) is 0 Å². The molecule has 0 spiro atoms. The van der Waals surface area contributed by atoms with E-state index in [1.54, 1.807) is 6.92 Å². The van der Waals surface area contributed by atoms with Crippen molar-refractivity contribution in [3.05, 3.63) is 11.3 Å². The number of ketones is 1. The highest BCUT2D eigenvalue weighted by Gasteiger charge is 2.11. The summed E-state index contributed by atoms with van der Waals surface area (Å²) in [5.41, 5.74) is 2.05. The Morgan fingerprint density at radius 3 is 2.70 bits per heavy atom. The van der Waals surface area contributed by atoms with E-state index in [1.165, 1.54) is 0 Å². The first-order chi connectivity index (χ1) is 4.72. The lowest BCUT2D eigenvalue weighted by atomic mass is 10.0. The third kappa shape index (κ3) is 1.38. The van der Waals surface area contributed by atoms with E-state index >= 15 is 0 Å². The van der Waals surface area contributed by atoms with Gasteiger partial charge in [-0.1, -0.05) is 0 Å². The number of carbonyl (C=O) groups is 1. The van der Waals surface area contributed by atoms with E-state index in [4.69, 9.17) is 0 Å². The number of carbonyl (C=O) groups excluding carboxylic acids is 1. The highest BCUT2D eigenvalue weighted by Crippen LogP contribution is 2.14. The fourth-order valence-electron chi connectivity index (χ4n) is 1.28. The Morgan fingerprint density at radius 1 is 1.60 bits per heavy atom. The molecule has 0 aromatic rings. The lowest BCUT2D eigenvalue weighted by Crippen LogP contribution is -2.22. The maximum atomic E-state index is 10.9. The first kappa shape index (κ1) is 7.32. The Kier molecular flexibility index (Phi) is 2.10. The lowest BCUT2D eigenvalue weighted by Gasteiger charge is -2.17. The maximum Gasteiger partial charge on any atom is 0.157 e. The minimum Gasteiger partial charge on any atom is -0.388 e. The molecule has 1 heterocycles. The molecule has 1 aliphatic heterocycles. The maximum absolute atomic E-state index is 10.9. The molecule has 0 aliphatic carbocycles. The summed E-state index contributed by atoms with van der Waals surface area (Å²) in [6.07, 6.45) is 2.04. The number of rotatable bonds is 1. The zero-order valence-corrected chi connectivity index (χ0v) is 6.53. The number of allylic oxidation sites excluding steroid dienone is 2. The van der Waals surface area contributed by atoms with Crippen molar-refractivity contribution in [2.45, 2.75) is 26.7 Å². The van der Waals surface area contributed by atoms with Gasteiger partial charge in [0.25, 0.3) is 0 Å². The summed E-state index contributed by atoms with van der Waals surface area (Å²) in [6.45, 7) is 4.62. The number of nitrogens with one attached hydrogen (secondary N) is 1. The van der Waals surface area contributed by atoms with Crippen LogP contribution >= 0.6 is 0 Å². The Morgan fingerprint density at radius 2 is 2.30 bits per heavy atom. The molecule has 0 radical (unpaired) electrons. The van der Waals surface area contributed by atoms with Gasteiger partial charge in [0, 0.05) is 17.8 Å². The van der Waals surface area contributed by atoms with Crippen molar-refractivity contribution < 1.29 is 4.79 Å². The largest absolute Gasteiger partial charge is 0.388 e. The minimum atomic E-state index is 0.213. The van der Waals surface area contributed by atoms with Gasteiger partial charge in [0.1, 0.15) is 0 Å². The highest BCUT2D eigenvalue weighted by atomic mass is 16.1. The first-order valence-electron chi connectivity index (χ1n) is 3.66. The third-order valence-electron chi connectivity index (χ3n) is 1.87. The molecule has 56 valence electrons. The van der Waals surface area contributed by atoms with Gasteiger partial charge in [-0.25, -0.2) is 0 Å². The second-order valence-corrected chi connectivity index (χ2v) is 2.69. The van der Waals surface area contributed by atoms with Crippen LogP contribution in [0.2, 0.25) is 0 Å². The molecule has 1 aliphatic rings. The van der Waals surface area contributed by atoms with Gasteiger partial charge in [0.05, 0.1) is 0 Å². The average Bonchev–Trinajstić information content (AvgIpc) is 1.88. The lowest BCUT2D eigenvalue weighted by molar-refractivity contribution is -0.113. The molecule has 0 amide bonds. The number of hydrogen-bond donors (Lipinski definition) is 1. The van der Waals surface area contributed by atoms with Crippen LogP contribution in [0.5, 0.6) is 0 Å². The molecule has 2 nitrogen and oxygen atoms in total. The average molecular weight is 139 g/mol. The summed E-state index contributed by atoms with van der Waals surface area (Å²) >= 11 is 0. The SMILES string of the molecule is CC(=O)C1=C(C)NCCC1. The second kappa shape index (κ2) is 2.86. The molecular weight excluding hydrogens is 126 g/mol. The van der Waals surface area contributed by atoms with Crippen molar-refractivity contribution in [1.29, 1.82) is 0 Å². The van der Waals surface area contributed by atoms with Crippen molar-refractivity contribution >= 4 is 5.78 Å². The number of Topliss-reactive ketones (excluding diaryl/α,β-unsaturated/α-hetero) is 1. The van der Waals surface area contributed by atoms with E-state index in [9.17, 15) is 4.79 Å². The van der Waals surface area contributed by atoms with E-state index in [0.717, 1.165) is 30.7 Å². The minimum absolute atomic E-state index is 0.213. The molecule has 0 saturated heterocycles. The molecule has 0 fully saturated rings. The van der Waals surface area contributed by atoms with Gasteiger partial charge in [-0.05, 0) is 26.7 Å².